The Balaban J connectivity index is 2.53. The van der Waals surface area contributed by atoms with Crippen LogP contribution in [0.4, 0.5) is 0 Å². The summed E-state index contributed by atoms with van der Waals surface area (Å²) in [5.74, 6) is -0.407. The van der Waals surface area contributed by atoms with Crippen molar-refractivity contribution in [3.8, 4) is 0 Å². The zero-order chi connectivity index (χ0) is 7.78. The van der Waals surface area contributed by atoms with Crippen LogP contribution in [0.1, 0.15) is 26.7 Å². The van der Waals surface area contributed by atoms with Gasteiger partial charge in [-0.2, -0.15) is 0 Å². The minimum absolute atomic E-state index is 0.0392. The highest BCUT2D eigenvalue weighted by Crippen LogP contribution is 2.40. The molecule has 10 heavy (non-hydrogen) atoms. The van der Waals surface area contributed by atoms with Crippen LogP contribution in [0.2, 0.25) is 0 Å². The lowest BCUT2D eigenvalue weighted by molar-refractivity contribution is -0.154. The SMILES string of the molecule is CC(=O)OC1(C(C)=O)CC1. The van der Waals surface area contributed by atoms with Gasteiger partial charge in [0.05, 0.1) is 0 Å². The van der Waals surface area contributed by atoms with E-state index in [1.54, 1.807) is 0 Å². The number of carbonyl (C=O) groups is 2. The molecule has 0 N–H and O–H groups in total. The standard InChI is InChI=1S/C7H10O3/c1-5(8)7(3-4-7)10-6(2)9/h3-4H2,1-2H3. The summed E-state index contributed by atoms with van der Waals surface area (Å²) in [5, 5.41) is 0. The van der Waals surface area contributed by atoms with Gasteiger partial charge in [0.2, 0.25) is 0 Å². The van der Waals surface area contributed by atoms with Gasteiger partial charge in [-0.3, -0.25) is 9.59 Å². The van der Waals surface area contributed by atoms with Crippen molar-refractivity contribution in [2.75, 3.05) is 0 Å². The lowest BCUT2D eigenvalue weighted by atomic mass is 10.2. The van der Waals surface area contributed by atoms with Crippen molar-refractivity contribution in [2.24, 2.45) is 0 Å². The molecule has 0 heterocycles. The van der Waals surface area contributed by atoms with E-state index < -0.39 is 5.60 Å². The number of ketones is 1. The number of hydrogen-bond acceptors (Lipinski definition) is 3. The zero-order valence-corrected chi connectivity index (χ0v) is 6.14. The van der Waals surface area contributed by atoms with Gasteiger partial charge in [-0.05, 0) is 19.8 Å². The summed E-state index contributed by atoms with van der Waals surface area (Å²) in [4.78, 5) is 21.2. The molecule has 0 aromatic carbocycles. The molecule has 1 saturated carbocycles. The number of rotatable bonds is 2. The average Bonchev–Trinajstić information content (AvgIpc) is 2.46. The van der Waals surface area contributed by atoms with Crippen molar-refractivity contribution in [1.82, 2.24) is 0 Å². The summed E-state index contributed by atoms with van der Waals surface area (Å²) in [6.45, 7) is 2.78. The Labute approximate surface area is 59.4 Å². The van der Waals surface area contributed by atoms with Gasteiger partial charge < -0.3 is 4.74 Å². The second-order valence-electron chi connectivity index (χ2n) is 2.64. The minimum atomic E-state index is -0.716. The van der Waals surface area contributed by atoms with Crippen molar-refractivity contribution in [3.63, 3.8) is 0 Å². The summed E-state index contributed by atoms with van der Waals surface area (Å²) in [7, 11) is 0. The van der Waals surface area contributed by atoms with Crippen LogP contribution in [0.3, 0.4) is 0 Å². The van der Waals surface area contributed by atoms with Gasteiger partial charge >= 0.3 is 5.97 Å². The van der Waals surface area contributed by atoms with Crippen LogP contribution in [0.25, 0.3) is 0 Å². The second-order valence-corrected chi connectivity index (χ2v) is 2.64. The van der Waals surface area contributed by atoms with Gasteiger partial charge in [0, 0.05) is 6.92 Å². The monoisotopic (exact) mass is 142 g/mol. The molecule has 0 bridgehead atoms. The topological polar surface area (TPSA) is 43.4 Å². The molecule has 0 radical (unpaired) electrons. The van der Waals surface area contributed by atoms with E-state index in [2.05, 4.69) is 0 Å². The first-order valence-corrected chi connectivity index (χ1v) is 3.27. The normalized spacial score (nSPS) is 19.8. The van der Waals surface area contributed by atoms with Crippen molar-refractivity contribution < 1.29 is 14.3 Å². The molecule has 0 aliphatic heterocycles. The van der Waals surface area contributed by atoms with Crippen LogP contribution < -0.4 is 0 Å². The highest BCUT2D eigenvalue weighted by atomic mass is 16.6. The van der Waals surface area contributed by atoms with Crippen molar-refractivity contribution >= 4 is 11.8 Å². The molecule has 1 aliphatic carbocycles. The van der Waals surface area contributed by atoms with E-state index in [1.165, 1.54) is 13.8 Å². The fourth-order valence-corrected chi connectivity index (χ4v) is 0.915. The number of ether oxygens (including phenoxy) is 1. The number of carbonyl (C=O) groups excluding carboxylic acids is 2. The van der Waals surface area contributed by atoms with Crippen molar-refractivity contribution in [3.05, 3.63) is 0 Å². The molecule has 3 heteroatoms. The molecule has 3 nitrogen and oxygen atoms in total. The average molecular weight is 142 g/mol. The first-order chi connectivity index (χ1) is 4.57. The molecular formula is C7H10O3. The first kappa shape index (κ1) is 7.25. The zero-order valence-electron chi connectivity index (χ0n) is 6.14. The number of hydrogen-bond donors (Lipinski definition) is 0. The summed E-state index contributed by atoms with van der Waals surface area (Å²) in [5.41, 5.74) is -0.716. The molecule has 1 fully saturated rings. The third kappa shape index (κ3) is 1.17. The highest BCUT2D eigenvalue weighted by molar-refractivity contribution is 5.90. The van der Waals surface area contributed by atoms with E-state index >= 15 is 0 Å². The third-order valence-corrected chi connectivity index (χ3v) is 1.68. The maximum absolute atomic E-state index is 10.8. The Bertz CT molecular complexity index is 179. The Morgan fingerprint density at radius 1 is 1.30 bits per heavy atom. The van der Waals surface area contributed by atoms with Gasteiger partial charge in [-0.1, -0.05) is 0 Å². The molecule has 0 aromatic heterocycles. The van der Waals surface area contributed by atoms with Crippen LogP contribution in [0.15, 0.2) is 0 Å². The molecule has 0 atom stereocenters. The van der Waals surface area contributed by atoms with Crippen LogP contribution in [-0.4, -0.2) is 17.4 Å². The fraction of sp³-hybridized carbons (Fsp3) is 0.714. The number of esters is 1. The van der Waals surface area contributed by atoms with Crippen LogP contribution in [0.5, 0.6) is 0 Å². The molecule has 0 aromatic rings. The van der Waals surface area contributed by atoms with Gasteiger partial charge in [0.25, 0.3) is 0 Å². The van der Waals surface area contributed by atoms with Crippen molar-refractivity contribution in [1.29, 1.82) is 0 Å². The fourth-order valence-electron chi connectivity index (χ4n) is 0.915. The molecule has 0 amide bonds. The third-order valence-electron chi connectivity index (χ3n) is 1.68. The van der Waals surface area contributed by atoms with Crippen LogP contribution >= 0.6 is 0 Å². The first-order valence-electron chi connectivity index (χ1n) is 3.27. The van der Waals surface area contributed by atoms with Gasteiger partial charge in [-0.25, -0.2) is 0 Å². The van der Waals surface area contributed by atoms with Crippen molar-refractivity contribution in [2.45, 2.75) is 32.3 Å². The quantitative estimate of drug-likeness (QED) is 0.532. The molecule has 0 spiro atoms. The van der Waals surface area contributed by atoms with E-state index in [1.807, 2.05) is 0 Å². The summed E-state index contributed by atoms with van der Waals surface area (Å²) >= 11 is 0. The van der Waals surface area contributed by atoms with E-state index in [4.69, 9.17) is 4.74 Å². The molecule has 1 rings (SSSR count). The lowest BCUT2D eigenvalue weighted by Crippen LogP contribution is -2.25. The van der Waals surface area contributed by atoms with E-state index in [0.717, 1.165) is 0 Å². The summed E-state index contributed by atoms with van der Waals surface area (Å²) in [6, 6.07) is 0. The highest BCUT2D eigenvalue weighted by Gasteiger charge is 2.50. The van der Waals surface area contributed by atoms with E-state index in [-0.39, 0.29) is 11.8 Å². The number of Topliss-reactive ketones (excluding diaryl/α,β-unsaturated/α-hetero) is 1. The Kier molecular flexibility index (Phi) is 1.50. The Morgan fingerprint density at radius 2 is 1.80 bits per heavy atom. The maximum atomic E-state index is 10.8. The summed E-state index contributed by atoms with van der Waals surface area (Å²) in [6.07, 6.45) is 1.39. The van der Waals surface area contributed by atoms with E-state index in [0.29, 0.717) is 12.8 Å². The second kappa shape index (κ2) is 2.08. The Morgan fingerprint density at radius 3 is 1.90 bits per heavy atom. The molecular weight excluding hydrogens is 132 g/mol. The van der Waals surface area contributed by atoms with Gasteiger partial charge in [0.15, 0.2) is 11.4 Å². The molecule has 0 unspecified atom stereocenters. The predicted molar refractivity (Wildman–Crippen MR) is 34.4 cm³/mol. The van der Waals surface area contributed by atoms with E-state index in [9.17, 15) is 9.59 Å². The molecule has 0 saturated heterocycles. The summed E-state index contributed by atoms with van der Waals surface area (Å²) < 4.78 is 4.82. The van der Waals surface area contributed by atoms with Gasteiger partial charge in [-0.15, -0.1) is 0 Å². The van der Waals surface area contributed by atoms with Crippen LogP contribution in [0, 0.1) is 0 Å². The Hall–Kier alpha value is -0.860. The molecule has 56 valence electrons. The van der Waals surface area contributed by atoms with Gasteiger partial charge in [0.1, 0.15) is 0 Å². The smallest absolute Gasteiger partial charge is 0.303 e. The predicted octanol–water partition coefficient (Wildman–Crippen LogP) is 0.671. The maximum Gasteiger partial charge on any atom is 0.303 e. The lowest BCUT2D eigenvalue weighted by Gasteiger charge is -2.10. The molecule has 1 aliphatic rings. The van der Waals surface area contributed by atoms with Crippen LogP contribution in [-0.2, 0) is 14.3 Å². The largest absolute Gasteiger partial charge is 0.451 e. The minimum Gasteiger partial charge on any atom is -0.451 e.